The molecule has 6 nitrogen and oxygen atoms in total. The minimum Gasteiger partial charge on any atom is -0.481 e. The molecule has 1 amide bonds. The fourth-order valence-corrected chi connectivity index (χ4v) is 3.68. The van der Waals surface area contributed by atoms with Gasteiger partial charge in [-0.2, -0.15) is 0 Å². The highest BCUT2D eigenvalue weighted by atomic mass is 16.4. The van der Waals surface area contributed by atoms with Crippen LogP contribution < -0.4 is 5.32 Å². The second-order valence-electron chi connectivity index (χ2n) is 7.17. The number of carbonyl (C=O) groups excluding carboxylic acids is 1. The predicted octanol–water partition coefficient (Wildman–Crippen LogP) is 1.93. The largest absolute Gasteiger partial charge is 0.481 e. The van der Waals surface area contributed by atoms with Gasteiger partial charge >= 0.3 is 5.97 Å². The Bertz CT molecular complexity index is 592. The van der Waals surface area contributed by atoms with Crippen molar-refractivity contribution < 1.29 is 24.9 Å². The van der Waals surface area contributed by atoms with Gasteiger partial charge in [0.25, 0.3) is 0 Å². The Morgan fingerprint density at radius 3 is 2.28 bits per heavy atom. The molecule has 0 bridgehead atoms. The molecule has 0 unspecified atom stereocenters. The fraction of sp³-hybridized carbons (Fsp3) is 0.579. The standard InChI is InChI=1S/C19H27NO5/c1-13-4-6-14(7-5-13)18(25)15(12-21)20-16(22)10-19(11-17(23)24)8-2-3-9-19/h4-7,15,18,21,25H,2-3,8-12H2,1H3,(H,20,22)(H,23,24)/t15-,18-/m0/s1. The van der Waals surface area contributed by atoms with Crippen molar-refractivity contribution in [2.45, 2.75) is 57.6 Å². The van der Waals surface area contributed by atoms with Gasteiger partial charge in [0.1, 0.15) is 6.10 Å². The lowest BCUT2D eigenvalue weighted by atomic mass is 9.79. The number of benzene rings is 1. The highest BCUT2D eigenvalue weighted by molar-refractivity contribution is 5.78. The molecule has 1 aliphatic rings. The quantitative estimate of drug-likeness (QED) is 0.574. The Balaban J connectivity index is 2.01. The summed E-state index contributed by atoms with van der Waals surface area (Å²) in [5.41, 5.74) is 1.16. The summed E-state index contributed by atoms with van der Waals surface area (Å²) in [4.78, 5) is 23.5. The van der Waals surface area contributed by atoms with Crippen LogP contribution >= 0.6 is 0 Å². The molecule has 6 heteroatoms. The zero-order chi connectivity index (χ0) is 18.4. The van der Waals surface area contributed by atoms with Crippen LogP contribution in [0.1, 0.15) is 55.8 Å². The molecule has 138 valence electrons. The topological polar surface area (TPSA) is 107 Å². The van der Waals surface area contributed by atoms with Gasteiger partial charge in [0.2, 0.25) is 5.91 Å². The van der Waals surface area contributed by atoms with Gasteiger partial charge < -0.3 is 20.6 Å². The minimum absolute atomic E-state index is 0.0231. The molecule has 0 spiro atoms. The molecule has 0 heterocycles. The number of aliphatic hydroxyl groups is 2. The third-order valence-electron chi connectivity index (χ3n) is 5.07. The molecule has 4 N–H and O–H groups in total. The first-order valence-electron chi connectivity index (χ1n) is 8.72. The fourth-order valence-electron chi connectivity index (χ4n) is 3.68. The van der Waals surface area contributed by atoms with Crippen molar-refractivity contribution in [3.05, 3.63) is 35.4 Å². The Kier molecular flexibility index (Phi) is 6.56. The van der Waals surface area contributed by atoms with E-state index in [4.69, 9.17) is 5.11 Å². The lowest BCUT2D eigenvalue weighted by molar-refractivity contribution is -0.140. The average Bonchev–Trinajstić information content (AvgIpc) is 2.99. The van der Waals surface area contributed by atoms with E-state index in [0.29, 0.717) is 5.56 Å². The van der Waals surface area contributed by atoms with Crippen LogP contribution in [0.4, 0.5) is 0 Å². The molecule has 0 aromatic heterocycles. The number of amides is 1. The first kappa shape index (κ1) is 19.4. The van der Waals surface area contributed by atoms with Crippen LogP contribution in [0.2, 0.25) is 0 Å². The summed E-state index contributed by atoms with van der Waals surface area (Å²) < 4.78 is 0. The van der Waals surface area contributed by atoms with E-state index >= 15 is 0 Å². The number of nitrogens with one attached hydrogen (secondary N) is 1. The van der Waals surface area contributed by atoms with Gasteiger partial charge in [-0.1, -0.05) is 42.7 Å². The normalized spacial score (nSPS) is 18.5. The minimum atomic E-state index is -1.02. The number of rotatable bonds is 8. The van der Waals surface area contributed by atoms with Crippen LogP contribution in [0.3, 0.4) is 0 Å². The summed E-state index contributed by atoms with van der Waals surface area (Å²) in [6.07, 6.45) is 2.36. The van der Waals surface area contributed by atoms with Crippen LogP contribution in [0.15, 0.2) is 24.3 Å². The van der Waals surface area contributed by atoms with Gasteiger partial charge in [-0.3, -0.25) is 9.59 Å². The van der Waals surface area contributed by atoms with Crippen molar-refractivity contribution in [3.8, 4) is 0 Å². The number of aliphatic hydroxyl groups excluding tert-OH is 2. The zero-order valence-corrected chi connectivity index (χ0v) is 14.6. The molecule has 1 saturated carbocycles. The zero-order valence-electron chi connectivity index (χ0n) is 14.6. The molecular weight excluding hydrogens is 322 g/mol. The number of aryl methyl sites for hydroxylation is 1. The van der Waals surface area contributed by atoms with Crippen LogP contribution in [0.5, 0.6) is 0 Å². The molecule has 2 rings (SSSR count). The summed E-state index contributed by atoms with van der Waals surface area (Å²) >= 11 is 0. The monoisotopic (exact) mass is 349 g/mol. The average molecular weight is 349 g/mol. The summed E-state index contributed by atoms with van der Waals surface area (Å²) in [7, 11) is 0. The number of aliphatic carboxylic acids is 1. The molecular formula is C19H27NO5. The van der Waals surface area contributed by atoms with Crippen LogP contribution in [-0.2, 0) is 9.59 Å². The van der Waals surface area contributed by atoms with E-state index in [2.05, 4.69) is 5.32 Å². The maximum atomic E-state index is 12.4. The van der Waals surface area contributed by atoms with Crippen molar-refractivity contribution in [3.63, 3.8) is 0 Å². The van der Waals surface area contributed by atoms with Gasteiger partial charge in [0, 0.05) is 6.42 Å². The number of hydrogen-bond donors (Lipinski definition) is 4. The van der Waals surface area contributed by atoms with E-state index in [1.54, 1.807) is 12.1 Å². The molecule has 0 radical (unpaired) electrons. The molecule has 1 fully saturated rings. The van der Waals surface area contributed by atoms with Crippen molar-refractivity contribution in [1.29, 1.82) is 0 Å². The van der Waals surface area contributed by atoms with Crippen LogP contribution in [0.25, 0.3) is 0 Å². The highest BCUT2D eigenvalue weighted by Gasteiger charge is 2.38. The van der Waals surface area contributed by atoms with E-state index in [0.717, 1.165) is 31.2 Å². The van der Waals surface area contributed by atoms with E-state index in [9.17, 15) is 19.8 Å². The molecule has 0 saturated heterocycles. The first-order valence-corrected chi connectivity index (χ1v) is 8.72. The Morgan fingerprint density at radius 1 is 1.16 bits per heavy atom. The smallest absolute Gasteiger partial charge is 0.303 e. The number of hydrogen-bond acceptors (Lipinski definition) is 4. The summed E-state index contributed by atoms with van der Waals surface area (Å²) in [5.74, 6) is -1.22. The second kappa shape index (κ2) is 8.45. The third kappa shape index (κ3) is 5.28. The maximum absolute atomic E-state index is 12.4. The van der Waals surface area contributed by atoms with E-state index < -0.39 is 30.1 Å². The van der Waals surface area contributed by atoms with Crippen molar-refractivity contribution in [1.82, 2.24) is 5.32 Å². The molecule has 1 aliphatic carbocycles. The second-order valence-corrected chi connectivity index (χ2v) is 7.17. The van der Waals surface area contributed by atoms with E-state index in [1.807, 2.05) is 19.1 Å². The number of carbonyl (C=O) groups is 2. The first-order chi connectivity index (χ1) is 11.8. The van der Waals surface area contributed by atoms with Gasteiger partial charge in [-0.05, 0) is 30.7 Å². The molecule has 2 atom stereocenters. The van der Waals surface area contributed by atoms with Crippen molar-refractivity contribution in [2.24, 2.45) is 5.41 Å². The SMILES string of the molecule is Cc1ccc([C@H](O)[C@H](CO)NC(=O)CC2(CC(=O)O)CCCC2)cc1. The van der Waals surface area contributed by atoms with Gasteiger partial charge in [0.05, 0.1) is 19.1 Å². The van der Waals surface area contributed by atoms with Gasteiger partial charge in [-0.15, -0.1) is 0 Å². The highest BCUT2D eigenvalue weighted by Crippen LogP contribution is 2.44. The predicted molar refractivity (Wildman–Crippen MR) is 92.9 cm³/mol. The van der Waals surface area contributed by atoms with Crippen LogP contribution in [-0.4, -0.2) is 39.8 Å². The maximum Gasteiger partial charge on any atom is 0.303 e. The third-order valence-corrected chi connectivity index (χ3v) is 5.07. The lowest BCUT2D eigenvalue weighted by Crippen LogP contribution is -2.43. The lowest BCUT2D eigenvalue weighted by Gasteiger charge is -2.29. The Labute approximate surface area is 147 Å². The van der Waals surface area contributed by atoms with E-state index in [-0.39, 0.29) is 18.7 Å². The van der Waals surface area contributed by atoms with Crippen molar-refractivity contribution in [2.75, 3.05) is 6.61 Å². The number of carboxylic acids is 1. The molecule has 1 aromatic rings. The van der Waals surface area contributed by atoms with Gasteiger partial charge in [0.15, 0.2) is 0 Å². The number of carboxylic acid groups (broad SMARTS) is 1. The van der Waals surface area contributed by atoms with Crippen LogP contribution in [0, 0.1) is 12.3 Å². The van der Waals surface area contributed by atoms with E-state index in [1.165, 1.54) is 0 Å². The Hall–Kier alpha value is -1.92. The van der Waals surface area contributed by atoms with Gasteiger partial charge in [-0.25, -0.2) is 0 Å². The van der Waals surface area contributed by atoms with Crippen molar-refractivity contribution >= 4 is 11.9 Å². The molecule has 0 aliphatic heterocycles. The summed E-state index contributed by atoms with van der Waals surface area (Å²) in [5, 5.41) is 31.8. The Morgan fingerprint density at radius 2 is 1.76 bits per heavy atom. The summed E-state index contributed by atoms with van der Waals surface area (Å²) in [6.45, 7) is 1.54. The molecule has 1 aromatic carbocycles. The summed E-state index contributed by atoms with van der Waals surface area (Å²) in [6, 6.07) is 6.42. The molecule has 25 heavy (non-hydrogen) atoms.